The van der Waals surface area contributed by atoms with Crippen molar-refractivity contribution in [2.75, 3.05) is 0 Å². The first-order valence-corrected chi connectivity index (χ1v) is 8.34. The molecule has 3 rings (SSSR count). The third kappa shape index (κ3) is 3.31. The lowest BCUT2D eigenvalue weighted by Crippen LogP contribution is -2.39. The third-order valence-corrected chi connectivity index (χ3v) is 4.73. The number of alkyl halides is 6. The van der Waals surface area contributed by atoms with E-state index in [0.29, 0.717) is 19.1 Å². The zero-order valence-electron chi connectivity index (χ0n) is 13.8. The first-order valence-electron chi connectivity index (χ1n) is 7.59. The summed E-state index contributed by atoms with van der Waals surface area (Å²) in [6, 6.07) is 6.78. The lowest BCUT2D eigenvalue weighted by Gasteiger charge is -2.24. The largest absolute Gasteiger partial charge is 0.422 e. The molecule has 0 fully saturated rings. The molecule has 11 heteroatoms. The fourth-order valence-electron chi connectivity index (χ4n) is 2.66. The molecule has 0 bridgehead atoms. The number of nitrogens with zero attached hydrogens (tertiary/aromatic N) is 2. The minimum atomic E-state index is -5.05. The predicted molar refractivity (Wildman–Crippen MR) is 91.7 cm³/mol. The van der Waals surface area contributed by atoms with Gasteiger partial charge in [-0.1, -0.05) is 41.4 Å². The van der Waals surface area contributed by atoms with Gasteiger partial charge >= 0.3 is 12.4 Å². The topological polar surface area (TPSA) is 38.1 Å². The number of rotatable bonds is 2. The highest BCUT2D eigenvalue weighted by molar-refractivity contribution is 6.38. The van der Waals surface area contributed by atoms with Crippen molar-refractivity contribution in [2.24, 2.45) is 0 Å². The van der Waals surface area contributed by atoms with Crippen LogP contribution in [0.15, 0.2) is 36.4 Å². The van der Waals surface area contributed by atoms with Crippen LogP contribution in [0.1, 0.15) is 18.2 Å². The molecule has 2 aromatic carbocycles. The van der Waals surface area contributed by atoms with Gasteiger partial charge in [-0.15, -0.1) is 0 Å². The van der Waals surface area contributed by atoms with Crippen LogP contribution in [0.5, 0.6) is 0 Å². The van der Waals surface area contributed by atoms with Gasteiger partial charge in [0.05, 0.1) is 21.1 Å². The quantitative estimate of drug-likeness (QED) is 0.485. The molecule has 150 valence electrons. The zero-order chi connectivity index (χ0) is 21.1. The standard InChI is InChI=1S/C17H10Cl2F6N2O/c1-15(28,17(23,24)25)14-9-4-2-3-5-12(9)27(26-14)13-10(18)6-8(7-11(13)19)16(20,21)22/h2-7,28H,1H3. The van der Waals surface area contributed by atoms with Crippen molar-refractivity contribution in [1.82, 2.24) is 9.78 Å². The average molecular weight is 443 g/mol. The smallest absolute Gasteiger partial charge is 0.375 e. The molecule has 0 amide bonds. The number of hydrogen-bond acceptors (Lipinski definition) is 2. The maximum absolute atomic E-state index is 13.3. The molecular weight excluding hydrogens is 433 g/mol. The van der Waals surface area contributed by atoms with Gasteiger partial charge in [-0.2, -0.15) is 31.4 Å². The van der Waals surface area contributed by atoms with Gasteiger partial charge in [0.15, 0.2) is 0 Å². The number of halogens is 8. The Balaban J connectivity index is 2.33. The molecule has 1 unspecified atom stereocenters. The highest BCUT2D eigenvalue weighted by atomic mass is 35.5. The molecular formula is C17H10Cl2F6N2O. The van der Waals surface area contributed by atoms with Crippen LogP contribution in [0.4, 0.5) is 26.3 Å². The summed E-state index contributed by atoms with van der Waals surface area (Å²) >= 11 is 11.9. The molecule has 28 heavy (non-hydrogen) atoms. The van der Waals surface area contributed by atoms with Crippen molar-refractivity contribution in [2.45, 2.75) is 24.9 Å². The summed E-state index contributed by atoms with van der Waals surface area (Å²) < 4.78 is 79.6. The Kier molecular flexibility index (Phi) is 4.84. The minimum absolute atomic E-state index is 0.0585. The highest BCUT2D eigenvalue weighted by Crippen LogP contribution is 2.43. The van der Waals surface area contributed by atoms with E-state index in [-0.39, 0.29) is 16.6 Å². The Morgan fingerprint density at radius 1 is 0.964 bits per heavy atom. The van der Waals surface area contributed by atoms with E-state index in [0.717, 1.165) is 4.68 Å². The second-order valence-corrected chi connectivity index (χ2v) is 6.95. The summed E-state index contributed by atoms with van der Waals surface area (Å²) in [7, 11) is 0. The summed E-state index contributed by atoms with van der Waals surface area (Å²) in [5.74, 6) is 0. The second kappa shape index (κ2) is 6.53. The van der Waals surface area contributed by atoms with E-state index in [9.17, 15) is 31.4 Å². The summed E-state index contributed by atoms with van der Waals surface area (Å²) in [6.07, 6.45) is -9.77. The summed E-state index contributed by atoms with van der Waals surface area (Å²) in [5.41, 5.74) is -5.34. The molecule has 0 aliphatic carbocycles. The fraction of sp³-hybridized carbons (Fsp3) is 0.235. The number of hydrogen-bond donors (Lipinski definition) is 1. The van der Waals surface area contributed by atoms with E-state index in [1.54, 1.807) is 0 Å². The van der Waals surface area contributed by atoms with E-state index in [4.69, 9.17) is 23.2 Å². The van der Waals surface area contributed by atoms with Crippen LogP contribution in [-0.2, 0) is 11.8 Å². The predicted octanol–water partition coefficient (Wildman–Crippen LogP) is 6.12. The van der Waals surface area contributed by atoms with Crippen LogP contribution in [0, 0.1) is 0 Å². The van der Waals surface area contributed by atoms with Gasteiger partial charge in [0.2, 0.25) is 5.60 Å². The van der Waals surface area contributed by atoms with Crippen LogP contribution >= 0.6 is 23.2 Å². The number of benzene rings is 2. The summed E-state index contributed by atoms with van der Waals surface area (Å²) in [4.78, 5) is 0. The van der Waals surface area contributed by atoms with E-state index in [1.165, 1.54) is 24.3 Å². The second-order valence-electron chi connectivity index (χ2n) is 6.13. The van der Waals surface area contributed by atoms with Gasteiger partial charge in [0.1, 0.15) is 11.4 Å². The van der Waals surface area contributed by atoms with E-state index in [2.05, 4.69) is 5.10 Å². The van der Waals surface area contributed by atoms with Crippen LogP contribution in [-0.4, -0.2) is 21.1 Å². The van der Waals surface area contributed by atoms with Crippen molar-refractivity contribution in [3.05, 3.63) is 57.7 Å². The van der Waals surface area contributed by atoms with Crippen molar-refractivity contribution >= 4 is 34.1 Å². The molecule has 3 aromatic rings. The normalized spacial score (nSPS) is 15.1. The maximum atomic E-state index is 13.3. The lowest BCUT2D eigenvalue weighted by atomic mass is 9.98. The SMILES string of the molecule is CC(O)(c1nn(-c2c(Cl)cc(C(F)(F)F)cc2Cl)c2ccccc12)C(F)(F)F. The van der Waals surface area contributed by atoms with Crippen LogP contribution in [0.2, 0.25) is 10.0 Å². The summed E-state index contributed by atoms with van der Waals surface area (Å²) in [6.45, 7) is 0.530. The van der Waals surface area contributed by atoms with Gasteiger partial charge in [-0.25, -0.2) is 4.68 Å². The maximum Gasteiger partial charge on any atom is 0.422 e. The van der Waals surface area contributed by atoms with Crippen LogP contribution in [0.25, 0.3) is 16.6 Å². The lowest BCUT2D eigenvalue weighted by molar-refractivity contribution is -0.259. The Bertz CT molecular complexity index is 1030. The molecule has 0 radical (unpaired) electrons. The molecule has 1 heterocycles. The average Bonchev–Trinajstić information content (AvgIpc) is 2.92. The number of aromatic nitrogens is 2. The Morgan fingerprint density at radius 2 is 1.50 bits per heavy atom. The number of aliphatic hydroxyl groups is 1. The van der Waals surface area contributed by atoms with Gasteiger partial charge in [-0.3, -0.25) is 0 Å². The molecule has 0 aliphatic heterocycles. The minimum Gasteiger partial charge on any atom is -0.375 e. The Morgan fingerprint density at radius 3 is 2.00 bits per heavy atom. The molecule has 3 nitrogen and oxygen atoms in total. The monoisotopic (exact) mass is 442 g/mol. The van der Waals surface area contributed by atoms with Crippen molar-refractivity contribution in [1.29, 1.82) is 0 Å². The van der Waals surface area contributed by atoms with Crippen LogP contribution < -0.4 is 0 Å². The van der Waals surface area contributed by atoms with Gasteiger partial charge in [0.25, 0.3) is 0 Å². The summed E-state index contributed by atoms with van der Waals surface area (Å²) in [5, 5.41) is 12.9. The van der Waals surface area contributed by atoms with Gasteiger partial charge in [0, 0.05) is 5.39 Å². The number of fused-ring (bicyclic) bond motifs is 1. The molecule has 0 saturated heterocycles. The third-order valence-electron chi connectivity index (χ3n) is 4.16. The van der Waals surface area contributed by atoms with E-state index < -0.39 is 39.3 Å². The number of para-hydroxylation sites is 1. The molecule has 1 atom stereocenters. The molecule has 0 spiro atoms. The van der Waals surface area contributed by atoms with Crippen LogP contribution in [0.3, 0.4) is 0 Å². The van der Waals surface area contributed by atoms with Gasteiger partial charge in [-0.05, 0) is 25.1 Å². The first-order chi connectivity index (χ1) is 12.7. The van der Waals surface area contributed by atoms with E-state index >= 15 is 0 Å². The highest BCUT2D eigenvalue weighted by Gasteiger charge is 2.54. The van der Waals surface area contributed by atoms with Gasteiger partial charge < -0.3 is 5.11 Å². The van der Waals surface area contributed by atoms with Crippen molar-refractivity contribution in [3.63, 3.8) is 0 Å². The molecule has 0 saturated carbocycles. The Labute approximate surface area is 164 Å². The zero-order valence-corrected chi connectivity index (χ0v) is 15.3. The van der Waals surface area contributed by atoms with Crippen molar-refractivity contribution in [3.8, 4) is 5.69 Å². The Hall–Kier alpha value is -1.97. The molecule has 1 aromatic heterocycles. The fourth-order valence-corrected chi connectivity index (χ4v) is 3.31. The first kappa shape index (κ1) is 20.8. The molecule has 1 N–H and O–H groups in total. The molecule has 0 aliphatic rings. The van der Waals surface area contributed by atoms with E-state index in [1.807, 2.05) is 0 Å². The van der Waals surface area contributed by atoms with Crippen molar-refractivity contribution < 1.29 is 31.4 Å².